The molecule has 0 rings (SSSR count). The number of amides is 1. The Morgan fingerprint density at radius 3 is 2.17 bits per heavy atom. The van der Waals surface area contributed by atoms with Crippen LogP contribution in [-0.4, -0.2) is 50.6 Å². The van der Waals surface area contributed by atoms with Crippen LogP contribution in [-0.2, 0) is 4.79 Å². The van der Waals surface area contributed by atoms with Gasteiger partial charge in [0, 0.05) is 19.1 Å². The molecule has 0 aromatic rings. The molecule has 0 aromatic heterocycles. The third-order valence-corrected chi connectivity index (χ3v) is 2.60. The van der Waals surface area contributed by atoms with Gasteiger partial charge in [-0.15, -0.1) is 0 Å². The summed E-state index contributed by atoms with van der Waals surface area (Å²) < 4.78 is 0. The topological polar surface area (TPSA) is 44.4 Å². The van der Waals surface area contributed by atoms with E-state index >= 15 is 0 Å². The Hall–Kier alpha value is -0.610. The Kier molecular flexibility index (Phi) is 9.02. The molecule has 4 nitrogen and oxygen atoms in total. The van der Waals surface area contributed by atoms with Crippen LogP contribution in [0.25, 0.3) is 0 Å². The van der Waals surface area contributed by atoms with Gasteiger partial charge in [0.2, 0.25) is 5.91 Å². The lowest BCUT2D eigenvalue weighted by atomic mass is 10.0. The lowest BCUT2D eigenvalue weighted by Gasteiger charge is -2.24. The van der Waals surface area contributed by atoms with Gasteiger partial charge in [0.25, 0.3) is 0 Å². The summed E-state index contributed by atoms with van der Waals surface area (Å²) in [4.78, 5) is 13.8. The van der Waals surface area contributed by atoms with Gasteiger partial charge in [-0.3, -0.25) is 4.79 Å². The molecule has 18 heavy (non-hydrogen) atoms. The SMILES string of the molecule is CC(C)CNC(=O)CNC(CC(C)C)CN(C)C. The lowest BCUT2D eigenvalue weighted by molar-refractivity contribution is -0.120. The summed E-state index contributed by atoms with van der Waals surface area (Å²) >= 11 is 0. The molecule has 4 heteroatoms. The second-order valence-electron chi connectivity index (χ2n) is 6.17. The molecule has 108 valence electrons. The maximum absolute atomic E-state index is 11.6. The van der Waals surface area contributed by atoms with Gasteiger partial charge in [-0.05, 0) is 32.4 Å². The Labute approximate surface area is 113 Å². The second kappa shape index (κ2) is 9.34. The summed E-state index contributed by atoms with van der Waals surface area (Å²) in [5.74, 6) is 1.24. The van der Waals surface area contributed by atoms with Crippen molar-refractivity contribution in [2.75, 3.05) is 33.7 Å². The first-order valence-electron chi connectivity index (χ1n) is 6.96. The van der Waals surface area contributed by atoms with Crippen molar-refractivity contribution in [3.63, 3.8) is 0 Å². The minimum Gasteiger partial charge on any atom is -0.355 e. The molecule has 0 radical (unpaired) electrons. The summed E-state index contributed by atoms with van der Waals surface area (Å²) in [6.07, 6.45) is 1.09. The fraction of sp³-hybridized carbons (Fsp3) is 0.929. The predicted molar refractivity (Wildman–Crippen MR) is 77.6 cm³/mol. The Morgan fingerprint density at radius 2 is 1.72 bits per heavy atom. The number of nitrogens with one attached hydrogen (secondary N) is 2. The molecule has 0 fully saturated rings. The zero-order valence-corrected chi connectivity index (χ0v) is 12.9. The highest BCUT2D eigenvalue weighted by molar-refractivity contribution is 5.77. The molecular weight excluding hydrogens is 226 g/mol. The van der Waals surface area contributed by atoms with Crippen LogP contribution in [0.1, 0.15) is 34.1 Å². The lowest BCUT2D eigenvalue weighted by Crippen LogP contribution is -2.44. The van der Waals surface area contributed by atoms with Crippen molar-refractivity contribution in [1.29, 1.82) is 0 Å². The van der Waals surface area contributed by atoms with E-state index in [0.29, 0.717) is 24.4 Å². The molecule has 2 N–H and O–H groups in total. The van der Waals surface area contributed by atoms with E-state index in [0.717, 1.165) is 19.5 Å². The van der Waals surface area contributed by atoms with E-state index in [4.69, 9.17) is 0 Å². The molecule has 0 aliphatic rings. The van der Waals surface area contributed by atoms with Crippen molar-refractivity contribution in [3.8, 4) is 0 Å². The first-order valence-corrected chi connectivity index (χ1v) is 6.96. The average Bonchev–Trinajstić information content (AvgIpc) is 2.21. The minimum atomic E-state index is 0.0937. The van der Waals surface area contributed by atoms with E-state index in [9.17, 15) is 4.79 Å². The van der Waals surface area contributed by atoms with Crippen LogP contribution in [0.4, 0.5) is 0 Å². The van der Waals surface area contributed by atoms with E-state index in [1.807, 2.05) is 0 Å². The molecule has 0 spiro atoms. The molecule has 0 heterocycles. The largest absolute Gasteiger partial charge is 0.355 e. The number of rotatable bonds is 9. The van der Waals surface area contributed by atoms with E-state index in [-0.39, 0.29) is 5.91 Å². The molecule has 0 aliphatic heterocycles. The van der Waals surface area contributed by atoms with Crippen molar-refractivity contribution in [2.45, 2.75) is 40.2 Å². The van der Waals surface area contributed by atoms with Crippen LogP contribution in [0.2, 0.25) is 0 Å². The van der Waals surface area contributed by atoms with E-state index in [2.05, 4.69) is 57.3 Å². The fourth-order valence-corrected chi connectivity index (χ4v) is 1.85. The number of carbonyl (C=O) groups excluding carboxylic acids is 1. The van der Waals surface area contributed by atoms with E-state index in [1.165, 1.54) is 0 Å². The van der Waals surface area contributed by atoms with Crippen LogP contribution in [0.15, 0.2) is 0 Å². The third-order valence-electron chi connectivity index (χ3n) is 2.60. The molecule has 1 atom stereocenters. The highest BCUT2D eigenvalue weighted by Gasteiger charge is 2.13. The van der Waals surface area contributed by atoms with Crippen molar-refractivity contribution >= 4 is 5.91 Å². The van der Waals surface area contributed by atoms with Gasteiger partial charge in [0.15, 0.2) is 0 Å². The first kappa shape index (κ1) is 17.4. The Balaban J connectivity index is 3.97. The number of carbonyl (C=O) groups is 1. The van der Waals surface area contributed by atoms with Gasteiger partial charge in [-0.1, -0.05) is 27.7 Å². The van der Waals surface area contributed by atoms with Crippen molar-refractivity contribution in [2.24, 2.45) is 11.8 Å². The zero-order valence-electron chi connectivity index (χ0n) is 12.9. The number of likely N-dealkylation sites (N-methyl/N-ethyl adjacent to an activating group) is 1. The Morgan fingerprint density at radius 1 is 1.11 bits per heavy atom. The molecule has 0 aliphatic carbocycles. The monoisotopic (exact) mass is 257 g/mol. The van der Waals surface area contributed by atoms with Crippen LogP contribution < -0.4 is 10.6 Å². The van der Waals surface area contributed by atoms with Crippen LogP contribution in [0, 0.1) is 11.8 Å². The zero-order chi connectivity index (χ0) is 14.1. The van der Waals surface area contributed by atoms with Crippen LogP contribution in [0.3, 0.4) is 0 Å². The van der Waals surface area contributed by atoms with Gasteiger partial charge < -0.3 is 15.5 Å². The first-order chi connectivity index (χ1) is 8.31. The van der Waals surface area contributed by atoms with Gasteiger partial charge >= 0.3 is 0 Å². The molecule has 0 aromatic carbocycles. The Bertz CT molecular complexity index is 217. The minimum absolute atomic E-state index is 0.0937. The summed E-state index contributed by atoms with van der Waals surface area (Å²) in [7, 11) is 4.13. The maximum Gasteiger partial charge on any atom is 0.233 e. The fourth-order valence-electron chi connectivity index (χ4n) is 1.85. The van der Waals surface area contributed by atoms with Crippen molar-refractivity contribution in [3.05, 3.63) is 0 Å². The summed E-state index contributed by atoms with van der Waals surface area (Å²) in [6.45, 7) is 10.8. The average molecular weight is 257 g/mol. The quantitative estimate of drug-likeness (QED) is 0.655. The van der Waals surface area contributed by atoms with Gasteiger partial charge in [0.05, 0.1) is 6.54 Å². The van der Waals surface area contributed by atoms with Gasteiger partial charge in [0.1, 0.15) is 0 Å². The van der Waals surface area contributed by atoms with Crippen molar-refractivity contribution in [1.82, 2.24) is 15.5 Å². The third kappa shape index (κ3) is 10.5. The molecule has 0 saturated heterocycles. The van der Waals surface area contributed by atoms with Gasteiger partial charge in [-0.2, -0.15) is 0 Å². The second-order valence-corrected chi connectivity index (χ2v) is 6.17. The number of nitrogens with zero attached hydrogens (tertiary/aromatic N) is 1. The molecular formula is C14H31N3O. The molecule has 0 bridgehead atoms. The summed E-state index contributed by atoms with van der Waals surface area (Å²) in [5, 5.41) is 6.28. The predicted octanol–water partition coefficient (Wildman–Crippen LogP) is 1.32. The highest BCUT2D eigenvalue weighted by Crippen LogP contribution is 2.05. The summed E-state index contributed by atoms with van der Waals surface area (Å²) in [6, 6.07) is 0.379. The molecule has 1 amide bonds. The van der Waals surface area contributed by atoms with Gasteiger partial charge in [-0.25, -0.2) is 0 Å². The highest BCUT2D eigenvalue weighted by atomic mass is 16.1. The number of hydrogen-bond acceptors (Lipinski definition) is 3. The maximum atomic E-state index is 11.6. The smallest absolute Gasteiger partial charge is 0.233 e. The van der Waals surface area contributed by atoms with Crippen LogP contribution >= 0.6 is 0 Å². The molecule has 0 saturated carbocycles. The van der Waals surface area contributed by atoms with E-state index in [1.54, 1.807) is 0 Å². The molecule has 1 unspecified atom stereocenters. The van der Waals surface area contributed by atoms with Crippen LogP contribution in [0.5, 0.6) is 0 Å². The normalized spacial score (nSPS) is 13.4. The standard InChI is InChI=1S/C14H31N3O/c1-11(2)7-13(10-17(5)6)15-9-14(18)16-8-12(3)4/h11-13,15H,7-10H2,1-6H3,(H,16,18). The van der Waals surface area contributed by atoms with Crippen molar-refractivity contribution < 1.29 is 4.79 Å². The van der Waals surface area contributed by atoms with E-state index < -0.39 is 0 Å². The number of hydrogen-bond donors (Lipinski definition) is 2. The summed E-state index contributed by atoms with van der Waals surface area (Å²) in [5.41, 5.74) is 0.